The van der Waals surface area contributed by atoms with Crippen LogP contribution in [0.15, 0.2) is 23.1 Å². The lowest BCUT2D eigenvalue weighted by atomic mass is 10.3. The van der Waals surface area contributed by atoms with Crippen LogP contribution in [0.2, 0.25) is 10.0 Å². The van der Waals surface area contributed by atoms with Gasteiger partial charge in [-0.1, -0.05) is 23.2 Å². The smallest absolute Gasteiger partial charge is 0.324 e. The van der Waals surface area contributed by atoms with Crippen LogP contribution in [0.3, 0.4) is 0 Å². The number of rotatable bonds is 3. The monoisotopic (exact) mass is 309 g/mol. The Kier molecular flexibility index (Phi) is 3.82. The zero-order valence-corrected chi connectivity index (χ0v) is 11.3. The second-order valence-corrected chi connectivity index (χ2v) is 6.23. The molecule has 0 aromatic heterocycles. The summed E-state index contributed by atoms with van der Waals surface area (Å²) < 4.78 is 31.0. The second-order valence-electron chi connectivity index (χ2n) is 3.70. The van der Waals surface area contributed by atoms with Gasteiger partial charge < -0.3 is 4.74 Å². The van der Waals surface area contributed by atoms with Crippen LogP contribution >= 0.6 is 23.2 Å². The molecule has 1 aliphatic rings. The maximum atomic E-state index is 12.0. The van der Waals surface area contributed by atoms with E-state index in [1.165, 1.54) is 18.2 Å². The highest BCUT2D eigenvalue weighted by Gasteiger charge is 2.32. The van der Waals surface area contributed by atoms with Gasteiger partial charge in [-0.2, -0.15) is 4.72 Å². The molecule has 1 aromatic carbocycles. The summed E-state index contributed by atoms with van der Waals surface area (Å²) in [7, 11) is -3.90. The fourth-order valence-electron chi connectivity index (χ4n) is 1.54. The molecule has 18 heavy (non-hydrogen) atoms. The predicted octanol–water partition coefficient (Wildman–Crippen LogP) is 1.59. The minimum atomic E-state index is -3.90. The molecule has 1 aliphatic heterocycles. The zero-order valence-electron chi connectivity index (χ0n) is 9.02. The first-order valence-electron chi connectivity index (χ1n) is 5.04. The summed E-state index contributed by atoms with van der Waals surface area (Å²) in [5.74, 6) is -0.586. The molecule has 0 radical (unpaired) electrons. The number of benzene rings is 1. The van der Waals surface area contributed by atoms with E-state index >= 15 is 0 Å². The molecule has 2 rings (SSSR count). The summed E-state index contributed by atoms with van der Waals surface area (Å²) in [6.07, 6.45) is 0.302. The number of ether oxygens (including phenoxy) is 1. The Bertz CT molecular complexity index is 588. The molecule has 1 N–H and O–H groups in total. The minimum Gasteiger partial charge on any atom is -0.464 e. The average molecular weight is 310 g/mol. The first kappa shape index (κ1) is 13.6. The van der Waals surface area contributed by atoms with E-state index in [1.807, 2.05) is 0 Å². The van der Waals surface area contributed by atoms with E-state index in [-0.39, 0.29) is 21.5 Å². The Labute approximate surface area is 114 Å². The third-order valence-corrected chi connectivity index (χ3v) is 4.60. The van der Waals surface area contributed by atoms with E-state index in [0.717, 1.165) is 0 Å². The Morgan fingerprint density at radius 1 is 1.33 bits per heavy atom. The van der Waals surface area contributed by atoms with Crippen molar-refractivity contribution in [1.29, 1.82) is 0 Å². The number of cyclic esters (lactones) is 1. The van der Waals surface area contributed by atoms with Gasteiger partial charge in [-0.05, 0) is 18.2 Å². The van der Waals surface area contributed by atoms with Crippen molar-refractivity contribution in [3.63, 3.8) is 0 Å². The number of halogens is 2. The van der Waals surface area contributed by atoms with Gasteiger partial charge in [0.2, 0.25) is 10.0 Å². The van der Waals surface area contributed by atoms with Crippen molar-refractivity contribution in [1.82, 2.24) is 4.72 Å². The second kappa shape index (κ2) is 5.05. The van der Waals surface area contributed by atoms with E-state index < -0.39 is 22.0 Å². The first-order chi connectivity index (χ1) is 8.40. The summed E-state index contributed by atoms with van der Waals surface area (Å²) in [6.45, 7) is 0.204. The number of carbonyl (C=O) groups excluding carboxylic acids is 1. The Morgan fingerprint density at radius 3 is 2.67 bits per heavy atom. The molecule has 0 aliphatic carbocycles. The van der Waals surface area contributed by atoms with Crippen LogP contribution in [0.4, 0.5) is 0 Å². The van der Waals surface area contributed by atoms with Crippen molar-refractivity contribution >= 4 is 39.2 Å². The van der Waals surface area contributed by atoms with Gasteiger partial charge in [-0.3, -0.25) is 4.79 Å². The van der Waals surface area contributed by atoms with E-state index in [2.05, 4.69) is 9.46 Å². The van der Waals surface area contributed by atoms with Crippen molar-refractivity contribution in [3.05, 3.63) is 28.2 Å². The van der Waals surface area contributed by atoms with Gasteiger partial charge in [0, 0.05) is 11.4 Å². The van der Waals surface area contributed by atoms with Gasteiger partial charge >= 0.3 is 5.97 Å². The van der Waals surface area contributed by atoms with E-state index in [9.17, 15) is 13.2 Å². The van der Waals surface area contributed by atoms with Gasteiger partial charge in [0.05, 0.1) is 11.6 Å². The third-order valence-electron chi connectivity index (χ3n) is 2.42. The fraction of sp³-hybridized carbons (Fsp3) is 0.300. The lowest BCUT2D eigenvalue weighted by Crippen LogP contribution is -2.37. The van der Waals surface area contributed by atoms with Crippen LogP contribution in [-0.2, 0) is 19.6 Å². The predicted molar refractivity (Wildman–Crippen MR) is 66.1 cm³/mol. The van der Waals surface area contributed by atoms with Gasteiger partial charge in [0.25, 0.3) is 0 Å². The lowest BCUT2D eigenvalue weighted by Gasteiger charge is -2.11. The molecular formula is C10H9Cl2NO4S. The van der Waals surface area contributed by atoms with Gasteiger partial charge in [0.15, 0.2) is 0 Å². The molecule has 1 heterocycles. The normalized spacial score (nSPS) is 19.9. The molecule has 1 atom stereocenters. The van der Waals surface area contributed by atoms with E-state index in [1.54, 1.807) is 0 Å². The number of nitrogens with one attached hydrogen (secondary N) is 1. The molecule has 0 amide bonds. The van der Waals surface area contributed by atoms with E-state index in [0.29, 0.717) is 6.42 Å². The molecule has 1 saturated heterocycles. The molecular weight excluding hydrogens is 301 g/mol. The van der Waals surface area contributed by atoms with Crippen molar-refractivity contribution in [2.75, 3.05) is 6.61 Å². The molecule has 1 unspecified atom stereocenters. The minimum absolute atomic E-state index is 0.0401. The Hall–Kier alpha value is -0.820. The summed E-state index contributed by atoms with van der Waals surface area (Å²) >= 11 is 11.5. The summed E-state index contributed by atoms with van der Waals surface area (Å²) in [4.78, 5) is 11.1. The van der Waals surface area contributed by atoms with Crippen LogP contribution in [0, 0.1) is 0 Å². The Morgan fingerprint density at radius 2 is 2.06 bits per heavy atom. The maximum Gasteiger partial charge on any atom is 0.324 e. The van der Waals surface area contributed by atoms with Gasteiger partial charge in [0.1, 0.15) is 10.9 Å². The quantitative estimate of drug-likeness (QED) is 0.861. The number of hydrogen-bond donors (Lipinski definition) is 1. The summed E-state index contributed by atoms with van der Waals surface area (Å²) in [6, 6.07) is 3.22. The highest BCUT2D eigenvalue weighted by molar-refractivity contribution is 7.89. The molecule has 1 aromatic rings. The van der Waals surface area contributed by atoms with Crippen LogP contribution in [0.25, 0.3) is 0 Å². The highest BCUT2D eigenvalue weighted by Crippen LogP contribution is 2.25. The standard InChI is InChI=1S/C10H9Cl2NO4S/c11-6-1-2-7(12)9(5-6)18(15,16)13-8-3-4-17-10(8)14/h1-2,5,8,13H,3-4H2. The average Bonchev–Trinajstić information content (AvgIpc) is 2.67. The fourth-order valence-corrected chi connectivity index (χ4v) is 3.52. The van der Waals surface area contributed by atoms with Crippen LogP contribution in [-0.4, -0.2) is 27.0 Å². The third kappa shape index (κ3) is 2.77. The molecule has 1 fully saturated rings. The van der Waals surface area contributed by atoms with Gasteiger partial charge in [-0.25, -0.2) is 8.42 Å². The van der Waals surface area contributed by atoms with Crippen LogP contribution < -0.4 is 4.72 Å². The van der Waals surface area contributed by atoms with Crippen LogP contribution in [0.1, 0.15) is 6.42 Å². The maximum absolute atomic E-state index is 12.0. The summed E-state index contributed by atoms with van der Waals surface area (Å²) in [5, 5.41) is 0.284. The number of carbonyl (C=O) groups is 1. The van der Waals surface area contributed by atoms with Crippen molar-refractivity contribution in [2.24, 2.45) is 0 Å². The Balaban J connectivity index is 2.30. The lowest BCUT2D eigenvalue weighted by molar-refractivity contribution is -0.139. The van der Waals surface area contributed by atoms with Gasteiger partial charge in [-0.15, -0.1) is 0 Å². The van der Waals surface area contributed by atoms with Crippen molar-refractivity contribution in [2.45, 2.75) is 17.4 Å². The van der Waals surface area contributed by atoms with Crippen molar-refractivity contribution < 1.29 is 17.9 Å². The molecule has 0 spiro atoms. The number of sulfonamides is 1. The molecule has 8 heteroatoms. The zero-order chi connectivity index (χ0) is 13.3. The molecule has 5 nitrogen and oxygen atoms in total. The summed E-state index contributed by atoms with van der Waals surface area (Å²) in [5.41, 5.74) is 0. The first-order valence-corrected chi connectivity index (χ1v) is 7.28. The molecule has 0 saturated carbocycles. The number of hydrogen-bond acceptors (Lipinski definition) is 4. The topological polar surface area (TPSA) is 72.5 Å². The van der Waals surface area contributed by atoms with Crippen molar-refractivity contribution in [3.8, 4) is 0 Å². The SMILES string of the molecule is O=C1OCCC1NS(=O)(=O)c1cc(Cl)ccc1Cl. The number of esters is 1. The largest absolute Gasteiger partial charge is 0.464 e. The highest BCUT2D eigenvalue weighted by atomic mass is 35.5. The molecule has 0 bridgehead atoms. The molecule has 98 valence electrons. The van der Waals surface area contributed by atoms with Crippen LogP contribution in [0.5, 0.6) is 0 Å². The van der Waals surface area contributed by atoms with E-state index in [4.69, 9.17) is 23.2 Å².